The van der Waals surface area contributed by atoms with Crippen LogP contribution in [0.4, 0.5) is 5.69 Å². The summed E-state index contributed by atoms with van der Waals surface area (Å²) >= 11 is 0. The van der Waals surface area contributed by atoms with Gasteiger partial charge >= 0.3 is 0 Å². The van der Waals surface area contributed by atoms with E-state index in [0.717, 1.165) is 40.4 Å². The first-order chi connectivity index (χ1) is 14.6. The van der Waals surface area contributed by atoms with E-state index in [0.29, 0.717) is 5.56 Å². The molecule has 4 heteroatoms. The number of pyridine rings is 1. The molecule has 0 aliphatic rings. The van der Waals surface area contributed by atoms with Crippen LogP contribution in [-0.4, -0.2) is 15.5 Å². The number of carbonyl (C=O) groups excluding carboxylic acids is 1. The molecule has 4 nitrogen and oxygen atoms in total. The average Bonchev–Trinajstić information content (AvgIpc) is 3.12. The van der Waals surface area contributed by atoms with Crippen LogP contribution in [0, 0.1) is 13.8 Å². The molecule has 0 spiro atoms. The van der Waals surface area contributed by atoms with Crippen LogP contribution in [0.1, 0.15) is 34.2 Å². The van der Waals surface area contributed by atoms with Crippen molar-refractivity contribution in [1.29, 1.82) is 0 Å². The van der Waals surface area contributed by atoms with E-state index in [1.54, 1.807) is 6.20 Å². The molecule has 0 bridgehead atoms. The number of aromatic nitrogens is 2. The molecule has 0 saturated carbocycles. The van der Waals surface area contributed by atoms with Gasteiger partial charge in [0.05, 0.1) is 11.4 Å². The topological polar surface area (TPSA) is 46.9 Å². The molecule has 0 aliphatic heterocycles. The maximum atomic E-state index is 12.6. The van der Waals surface area contributed by atoms with Gasteiger partial charge in [0.25, 0.3) is 5.91 Å². The van der Waals surface area contributed by atoms with Gasteiger partial charge in [0, 0.05) is 34.4 Å². The number of benzene rings is 2. The molecule has 2 heterocycles. The summed E-state index contributed by atoms with van der Waals surface area (Å²) in [5, 5.41) is 2.96. The van der Waals surface area contributed by atoms with Crippen molar-refractivity contribution < 1.29 is 4.79 Å². The lowest BCUT2D eigenvalue weighted by Crippen LogP contribution is -2.11. The SMILES string of the molecule is CCc1ccc(NC(=O)c2ccc(-c3ncccc3-n3c(C)ccc3C)cc2)cc1. The van der Waals surface area contributed by atoms with Crippen molar-refractivity contribution in [2.75, 3.05) is 5.32 Å². The number of nitrogens with zero attached hydrogens (tertiary/aromatic N) is 2. The van der Waals surface area contributed by atoms with Crippen molar-refractivity contribution in [1.82, 2.24) is 9.55 Å². The smallest absolute Gasteiger partial charge is 0.255 e. The lowest BCUT2D eigenvalue weighted by atomic mass is 10.1. The first-order valence-corrected chi connectivity index (χ1v) is 10.2. The lowest BCUT2D eigenvalue weighted by molar-refractivity contribution is 0.102. The molecule has 4 rings (SSSR count). The maximum Gasteiger partial charge on any atom is 0.255 e. The zero-order valence-electron chi connectivity index (χ0n) is 17.5. The zero-order valence-corrected chi connectivity index (χ0v) is 17.5. The Morgan fingerprint density at radius 2 is 1.57 bits per heavy atom. The molecular weight excluding hydrogens is 370 g/mol. The predicted molar refractivity (Wildman–Crippen MR) is 122 cm³/mol. The van der Waals surface area contributed by atoms with Gasteiger partial charge in [-0.2, -0.15) is 0 Å². The fraction of sp³-hybridized carbons (Fsp3) is 0.154. The molecular formula is C26H25N3O. The van der Waals surface area contributed by atoms with Crippen LogP contribution >= 0.6 is 0 Å². The maximum absolute atomic E-state index is 12.6. The normalized spacial score (nSPS) is 10.8. The van der Waals surface area contributed by atoms with Crippen molar-refractivity contribution in [2.45, 2.75) is 27.2 Å². The summed E-state index contributed by atoms with van der Waals surface area (Å²) in [5.74, 6) is -0.121. The molecule has 4 aromatic rings. The van der Waals surface area contributed by atoms with Gasteiger partial charge in [0.1, 0.15) is 0 Å². The number of carbonyl (C=O) groups is 1. The van der Waals surface area contributed by atoms with Crippen LogP contribution in [0.5, 0.6) is 0 Å². The van der Waals surface area contributed by atoms with Gasteiger partial charge in [-0.3, -0.25) is 9.78 Å². The highest BCUT2D eigenvalue weighted by atomic mass is 16.1. The third-order valence-electron chi connectivity index (χ3n) is 5.34. The van der Waals surface area contributed by atoms with E-state index in [1.165, 1.54) is 5.56 Å². The Bertz CT molecular complexity index is 1150. The predicted octanol–water partition coefficient (Wildman–Crippen LogP) is 5.97. The Kier molecular flexibility index (Phi) is 5.48. The summed E-state index contributed by atoms with van der Waals surface area (Å²) in [6, 6.07) is 23.8. The lowest BCUT2D eigenvalue weighted by Gasteiger charge is -2.14. The monoisotopic (exact) mass is 395 g/mol. The van der Waals surface area contributed by atoms with Gasteiger partial charge in [0.15, 0.2) is 0 Å². The standard InChI is InChI=1S/C26H25N3O/c1-4-20-9-15-23(16-10-20)28-26(30)22-13-11-21(12-14-22)25-24(6-5-17-27-25)29-18(2)7-8-19(29)3/h5-17H,4H2,1-3H3,(H,28,30). The van der Waals surface area contributed by atoms with Crippen molar-refractivity contribution in [3.05, 3.63) is 102 Å². The second-order valence-corrected chi connectivity index (χ2v) is 7.40. The van der Waals surface area contributed by atoms with Crippen LogP contribution in [0.3, 0.4) is 0 Å². The third-order valence-corrected chi connectivity index (χ3v) is 5.34. The number of hydrogen-bond donors (Lipinski definition) is 1. The fourth-order valence-corrected chi connectivity index (χ4v) is 3.65. The van der Waals surface area contributed by atoms with E-state index in [2.05, 4.69) is 53.8 Å². The van der Waals surface area contributed by atoms with Gasteiger partial charge < -0.3 is 9.88 Å². The molecule has 150 valence electrons. The molecule has 1 amide bonds. The van der Waals surface area contributed by atoms with Gasteiger partial charge in [-0.1, -0.05) is 31.2 Å². The molecule has 0 aliphatic carbocycles. The van der Waals surface area contributed by atoms with Crippen molar-refractivity contribution in [3.8, 4) is 16.9 Å². The summed E-state index contributed by atoms with van der Waals surface area (Å²) < 4.78 is 2.20. The Morgan fingerprint density at radius 1 is 0.900 bits per heavy atom. The number of anilines is 1. The molecule has 0 atom stereocenters. The second-order valence-electron chi connectivity index (χ2n) is 7.40. The third kappa shape index (κ3) is 3.90. The van der Waals surface area contributed by atoms with Gasteiger partial charge in [-0.15, -0.1) is 0 Å². The zero-order chi connectivity index (χ0) is 21.1. The molecule has 0 radical (unpaired) electrons. The largest absolute Gasteiger partial charge is 0.322 e. The highest BCUT2D eigenvalue weighted by Gasteiger charge is 2.13. The Hall–Kier alpha value is -3.66. The number of aryl methyl sites for hydroxylation is 3. The van der Waals surface area contributed by atoms with E-state index in [1.807, 2.05) is 54.6 Å². The first-order valence-electron chi connectivity index (χ1n) is 10.2. The minimum Gasteiger partial charge on any atom is -0.322 e. The number of hydrogen-bond acceptors (Lipinski definition) is 2. The number of rotatable bonds is 5. The van der Waals surface area contributed by atoms with E-state index in [4.69, 9.17) is 0 Å². The Balaban J connectivity index is 1.59. The second kappa shape index (κ2) is 8.37. The highest BCUT2D eigenvalue weighted by Crippen LogP contribution is 2.27. The van der Waals surface area contributed by atoms with Crippen LogP contribution in [0.25, 0.3) is 16.9 Å². The molecule has 0 fully saturated rings. The molecule has 1 N–H and O–H groups in total. The Morgan fingerprint density at radius 3 is 2.20 bits per heavy atom. The summed E-state index contributed by atoms with van der Waals surface area (Å²) in [6.07, 6.45) is 2.78. The molecule has 0 saturated heterocycles. The van der Waals surface area contributed by atoms with Crippen molar-refractivity contribution in [3.63, 3.8) is 0 Å². The van der Waals surface area contributed by atoms with Gasteiger partial charge in [0.2, 0.25) is 0 Å². The van der Waals surface area contributed by atoms with Crippen LogP contribution in [-0.2, 0) is 6.42 Å². The van der Waals surface area contributed by atoms with Crippen molar-refractivity contribution >= 4 is 11.6 Å². The average molecular weight is 396 g/mol. The molecule has 30 heavy (non-hydrogen) atoms. The van der Waals surface area contributed by atoms with E-state index in [9.17, 15) is 4.79 Å². The Labute approximate surface area is 177 Å². The van der Waals surface area contributed by atoms with Crippen LogP contribution < -0.4 is 5.32 Å². The molecule has 2 aromatic heterocycles. The van der Waals surface area contributed by atoms with Crippen LogP contribution in [0.15, 0.2) is 79.0 Å². The van der Waals surface area contributed by atoms with E-state index < -0.39 is 0 Å². The molecule has 2 aromatic carbocycles. The van der Waals surface area contributed by atoms with Gasteiger partial charge in [-0.25, -0.2) is 0 Å². The summed E-state index contributed by atoms with van der Waals surface area (Å²) in [6.45, 7) is 6.29. The quantitative estimate of drug-likeness (QED) is 0.452. The summed E-state index contributed by atoms with van der Waals surface area (Å²) in [5.41, 5.74) is 7.88. The summed E-state index contributed by atoms with van der Waals surface area (Å²) in [7, 11) is 0. The summed E-state index contributed by atoms with van der Waals surface area (Å²) in [4.78, 5) is 17.3. The minimum absolute atomic E-state index is 0.121. The fourth-order valence-electron chi connectivity index (χ4n) is 3.65. The number of amides is 1. The van der Waals surface area contributed by atoms with E-state index >= 15 is 0 Å². The van der Waals surface area contributed by atoms with E-state index in [-0.39, 0.29) is 5.91 Å². The molecule has 0 unspecified atom stereocenters. The van der Waals surface area contributed by atoms with Gasteiger partial charge in [-0.05, 0) is 74.4 Å². The minimum atomic E-state index is -0.121. The van der Waals surface area contributed by atoms with Crippen LogP contribution in [0.2, 0.25) is 0 Å². The highest BCUT2D eigenvalue weighted by molar-refractivity contribution is 6.04. The van der Waals surface area contributed by atoms with Crippen molar-refractivity contribution in [2.24, 2.45) is 0 Å². The number of nitrogens with one attached hydrogen (secondary N) is 1. The first kappa shape index (κ1) is 19.6.